The average Bonchev–Trinajstić information content (AvgIpc) is 2.72. The Morgan fingerprint density at radius 2 is 1.97 bits per heavy atom. The molecule has 0 radical (unpaired) electrons. The number of carbonyl (C=O) groups is 2. The van der Waals surface area contributed by atoms with E-state index in [0.717, 1.165) is 25.7 Å². The minimum atomic E-state index is -0.479. The number of halogens is 1. The summed E-state index contributed by atoms with van der Waals surface area (Å²) in [7, 11) is 1.48. The van der Waals surface area contributed by atoms with Gasteiger partial charge in [-0.05, 0) is 42.8 Å². The smallest absolute Gasteiger partial charge is 0.271 e. The molecule has 2 amide bonds. The molecule has 7 heteroatoms. The first-order valence-corrected chi connectivity index (χ1v) is 9.60. The molecule has 2 aromatic carbocycles. The van der Waals surface area contributed by atoms with Gasteiger partial charge in [0.25, 0.3) is 5.91 Å². The summed E-state index contributed by atoms with van der Waals surface area (Å²) < 4.78 is 18.8. The van der Waals surface area contributed by atoms with Gasteiger partial charge in [-0.3, -0.25) is 9.59 Å². The largest absolute Gasteiger partial charge is 0.497 e. The lowest BCUT2D eigenvalue weighted by atomic mass is 10.1. The van der Waals surface area contributed by atoms with Crippen LogP contribution in [-0.2, 0) is 4.79 Å². The van der Waals surface area contributed by atoms with Crippen LogP contribution >= 0.6 is 0 Å². The summed E-state index contributed by atoms with van der Waals surface area (Å²) in [4.78, 5) is 24.3. The number of rotatable bonds is 10. The van der Waals surface area contributed by atoms with Gasteiger partial charge in [0.1, 0.15) is 11.6 Å². The fraction of sp³-hybridized carbons (Fsp3) is 0.318. The molecule has 0 heterocycles. The lowest BCUT2D eigenvalue weighted by molar-refractivity contribution is -0.116. The molecule has 0 saturated heterocycles. The molecule has 6 nitrogen and oxygen atoms in total. The number of methoxy groups -OCH3 is 1. The maximum atomic E-state index is 13.8. The fourth-order valence-corrected chi connectivity index (χ4v) is 2.65. The number of nitrogens with one attached hydrogen (secondary N) is 2. The molecule has 0 aliphatic carbocycles. The van der Waals surface area contributed by atoms with E-state index in [4.69, 9.17) is 4.74 Å². The predicted molar refractivity (Wildman–Crippen MR) is 112 cm³/mol. The van der Waals surface area contributed by atoms with Gasteiger partial charge in [0.05, 0.1) is 13.3 Å². The number of benzene rings is 2. The number of hydrazone groups is 1. The summed E-state index contributed by atoms with van der Waals surface area (Å²) in [5, 5.41) is 6.59. The summed E-state index contributed by atoms with van der Waals surface area (Å²) in [5.74, 6) is -0.543. The Kier molecular flexibility index (Phi) is 8.82. The molecule has 0 unspecified atom stereocenters. The highest BCUT2D eigenvalue weighted by Crippen LogP contribution is 2.15. The van der Waals surface area contributed by atoms with Crippen molar-refractivity contribution in [1.82, 2.24) is 5.43 Å². The van der Waals surface area contributed by atoms with Crippen LogP contribution in [0.15, 0.2) is 47.6 Å². The minimum absolute atomic E-state index is 0.0785. The van der Waals surface area contributed by atoms with E-state index < -0.39 is 11.7 Å². The molecule has 0 aromatic heterocycles. The number of hydrogen-bond acceptors (Lipinski definition) is 4. The second kappa shape index (κ2) is 11.6. The molecule has 0 aliphatic rings. The highest BCUT2D eigenvalue weighted by atomic mass is 19.1. The molecular formula is C22H26FN3O3. The second-order valence-corrected chi connectivity index (χ2v) is 6.53. The van der Waals surface area contributed by atoms with Gasteiger partial charge in [-0.15, -0.1) is 0 Å². The predicted octanol–water partition coefficient (Wildman–Crippen LogP) is 4.51. The molecule has 154 valence electrons. The molecule has 2 N–H and O–H groups in total. The Morgan fingerprint density at radius 3 is 2.72 bits per heavy atom. The molecule has 2 aromatic rings. The Hall–Kier alpha value is -3.22. The third-order valence-electron chi connectivity index (χ3n) is 4.24. The highest BCUT2D eigenvalue weighted by molar-refractivity contribution is 5.97. The maximum absolute atomic E-state index is 13.8. The number of anilines is 1. The van der Waals surface area contributed by atoms with Crippen LogP contribution < -0.4 is 15.5 Å². The molecular weight excluding hydrogens is 373 g/mol. The summed E-state index contributed by atoms with van der Waals surface area (Å²) in [5.41, 5.74) is 3.41. The van der Waals surface area contributed by atoms with E-state index in [2.05, 4.69) is 22.8 Å². The van der Waals surface area contributed by atoms with Gasteiger partial charge < -0.3 is 10.1 Å². The van der Waals surface area contributed by atoms with Crippen molar-refractivity contribution in [3.05, 3.63) is 59.4 Å². The average molecular weight is 399 g/mol. The van der Waals surface area contributed by atoms with Gasteiger partial charge in [0.15, 0.2) is 0 Å². The van der Waals surface area contributed by atoms with Crippen LogP contribution in [-0.4, -0.2) is 25.1 Å². The van der Waals surface area contributed by atoms with Crippen LogP contribution in [0.4, 0.5) is 10.1 Å². The zero-order chi connectivity index (χ0) is 21.1. The zero-order valence-corrected chi connectivity index (χ0v) is 16.7. The molecule has 29 heavy (non-hydrogen) atoms. The van der Waals surface area contributed by atoms with Gasteiger partial charge in [-0.1, -0.05) is 32.3 Å². The van der Waals surface area contributed by atoms with E-state index in [-0.39, 0.29) is 11.5 Å². The zero-order valence-electron chi connectivity index (χ0n) is 16.7. The van der Waals surface area contributed by atoms with Crippen LogP contribution in [0.1, 0.15) is 54.9 Å². The summed E-state index contributed by atoms with van der Waals surface area (Å²) >= 11 is 0. The van der Waals surface area contributed by atoms with Gasteiger partial charge in [0.2, 0.25) is 5.91 Å². The van der Waals surface area contributed by atoms with Crippen molar-refractivity contribution in [2.45, 2.75) is 39.0 Å². The molecule has 0 atom stereocenters. The lowest BCUT2D eigenvalue weighted by Gasteiger charge is -2.07. The first kappa shape index (κ1) is 22.1. The molecule has 0 fully saturated rings. The van der Waals surface area contributed by atoms with Crippen LogP contribution in [0.25, 0.3) is 0 Å². The highest BCUT2D eigenvalue weighted by Gasteiger charge is 2.08. The topological polar surface area (TPSA) is 79.8 Å². The molecule has 0 bridgehead atoms. The van der Waals surface area contributed by atoms with Crippen LogP contribution in [0.5, 0.6) is 5.75 Å². The Balaban J connectivity index is 1.93. The molecule has 0 aliphatic heterocycles. The van der Waals surface area contributed by atoms with E-state index in [0.29, 0.717) is 23.4 Å². The standard InChI is InChI=1S/C22H26FN3O3/c1-3-4-5-6-10-21(27)25-18-9-7-8-16(13-18)22(28)26-24-15-17-14-19(29-2)11-12-20(17)23/h7-9,11-15H,3-6,10H2,1-2H3,(H,25,27)(H,26,28). The SMILES string of the molecule is CCCCCCC(=O)Nc1cccc(C(=O)NN=Cc2cc(OC)ccc2F)c1. The van der Waals surface area contributed by atoms with Gasteiger partial charge in [-0.2, -0.15) is 5.10 Å². The van der Waals surface area contributed by atoms with Crippen molar-refractivity contribution in [2.24, 2.45) is 5.10 Å². The van der Waals surface area contributed by atoms with Crippen molar-refractivity contribution < 1.29 is 18.7 Å². The number of unbranched alkanes of at least 4 members (excludes halogenated alkanes) is 3. The number of hydrogen-bond donors (Lipinski definition) is 2. The fourth-order valence-electron chi connectivity index (χ4n) is 2.65. The number of ether oxygens (including phenoxy) is 1. The monoisotopic (exact) mass is 399 g/mol. The van der Waals surface area contributed by atoms with E-state index >= 15 is 0 Å². The first-order chi connectivity index (χ1) is 14.0. The third kappa shape index (κ3) is 7.37. The lowest BCUT2D eigenvalue weighted by Crippen LogP contribution is -2.18. The van der Waals surface area contributed by atoms with Crippen molar-refractivity contribution in [1.29, 1.82) is 0 Å². The minimum Gasteiger partial charge on any atom is -0.497 e. The molecule has 0 saturated carbocycles. The normalized spacial score (nSPS) is 10.7. The van der Waals surface area contributed by atoms with E-state index in [9.17, 15) is 14.0 Å². The number of amides is 2. The number of carbonyl (C=O) groups excluding carboxylic acids is 2. The summed E-state index contributed by atoms with van der Waals surface area (Å²) in [6.45, 7) is 2.12. The van der Waals surface area contributed by atoms with Crippen LogP contribution in [0.2, 0.25) is 0 Å². The third-order valence-corrected chi connectivity index (χ3v) is 4.24. The maximum Gasteiger partial charge on any atom is 0.271 e. The van der Waals surface area contributed by atoms with Crippen LogP contribution in [0, 0.1) is 5.82 Å². The summed E-state index contributed by atoms with van der Waals surface area (Å²) in [6, 6.07) is 10.8. The Morgan fingerprint density at radius 1 is 1.14 bits per heavy atom. The molecule has 2 rings (SSSR count). The van der Waals surface area contributed by atoms with Crippen LogP contribution in [0.3, 0.4) is 0 Å². The van der Waals surface area contributed by atoms with E-state index in [1.165, 1.54) is 31.5 Å². The quantitative estimate of drug-likeness (QED) is 0.350. The number of nitrogens with zero attached hydrogens (tertiary/aromatic N) is 1. The first-order valence-electron chi connectivity index (χ1n) is 9.60. The van der Waals surface area contributed by atoms with Gasteiger partial charge in [-0.25, -0.2) is 9.82 Å². The van der Waals surface area contributed by atoms with Crippen molar-refractivity contribution in [2.75, 3.05) is 12.4 Å². The summed E-state index contributed by atoms with van der Waals surface area (Å²) in [6.07, 6.45) is 5.76. The Bertz CT molecular complexity index is 868. The van der Waals surface area contributed by atoms with E-state index in [1.54, 1.807) is 24.3 Å². The van der Waals surface area contributed by atoms with E-state index in [1.807, 2.05) is 0 Å². The van der Waals surface area contributed by atoms with Crippen molar-refractivity contribution in [3.8, 4) is 5.75 Å². The Labute approximate surface area is 170 Å². The molecule has 0 spiro atoms. The second-order valence-electron chi connectivity index (χ2n) is 6.53. The van der Waals surface area contributed by atoms with Gasteiger partial charge >= 0.3 is 0 Å². The van der Waals surface area contributed by atoms with Crippen molar-refractivity contribution >= 4 is 23.7 Å². The van der Waals surface area contributed by atoms with Crippen molar-refractivity contribution in [3.63, 3.8) is 0 Å². The van der Waals surface area contributed by atoms with Gasteiger partial charge in [0, 0.05) is 23.2 Å².